The highest BCUT2D eigenvalue weighted by Gasteiger charge is 2.72. The number of nitrogens with two attached hydrogens (primary N) is 1. The number of hydrogen-bond donors (Lipinski definition) is 1. The van der Waals surface area contributed by atoms with Crippen molar-refractivity contribution in [2.24, 2.45) is 27.9 Å². The summed E-state index contributed by atoms with van der Waals surface area (Å²) in [6.07, 6.45) is 5.55. The van der Waals surface area contributed by atoms with Crippen molar-refractivity contribution in [3.63, 3.8) is 0 Å². The normalized spacial score (nSPS) is 32.4. The van der Waals surface area contributed by atoms with E-state index >= 15 is 0 Å². The molecule has 82 valence electrons. The van der Waals surface area contributed by atoms with Gasteiger partial charge in [0.15, 0.2) is 0 Å². The highest BCUT2D eigenvalue weighted by atomic mass is 14.8. The van der Waals surface area contributed by atoms with E-state index in [-0.39, 0.29) is 0 Å². The van der Waals surface area contributed by atoms with Gasteiger partial charge in [-0.15, -0.1) is 0 Å². The molecule has 0 heterocycles. The first-order valence-electron chi connectivity index (χ1n) is 6.08. The maximum Gasteiger partial charge on any atom is -0.00719 e. The van der Waals surface area contributed by atoms with Crippen LogP contribution in [0.5, 0.6) is 0 Å². The Balaban J connectivity index is 2.16. The molecule has 0 spiro atoms. The minimum atomic E-state index is 0.544. The molecule has 2 rings (SSSR count). The predicted molar refractivity (Wildman–Crippen MR) is 61.0 cm³/mol. The van der Waals surface area contributed by atoms with E-state index in [4.69, 9.17) is 5.73 Å². The second-order valence-electron chi connectivity index (χ2n) is 6.63. The van der Waals surface area contributed by atoms with Gasteiger partial charge in [-0.05, 0) is 48.0 Å². The van der Waals surface area contributed by atoms with Gasteiger partial charge in [-0.1, -0.05) is 34.1 Å². The summed E-state index contributed by atoms with van der Waals surface area (Å²) < 4.78 is 0. The van der Waals surface area contributed by atoms with Crippen LogP contribution in [0.15, 0.2) is 0 Å². The lowest BCUT2D eigenvalue weighted by Gasteiger charge is -2.44. The highest BCUT2D eigenvalue weighted by molar-refractivity contribution is 5.20. The Morgan fingerprint density at radius 2 is 1.57 bits per heavy atom. The minimum absolute atomic E-state index is 0.544. The average molecular weight is 195 g/mol. The van der Waals surface area contributed by atoms with Crippen molar-refractivity contribution in [1.82, 2.24) is 0 Å². The van der Waals surface area contributed by atoms with Gasteiger partial charge in [0, 0.05) is 0 Å². The molecule has 2 saturated carbocycles. The third kappa shape index (κ3) is 1.05. The van der Waals surface area contributed by atoms with Gasteiger partial charge >= 0.3 is 0 Å². The highest BCUT2D eigenvalue weighted by Crippen LogP contribution is 2.78. The van der Waals surface area contributed by atoms with E-state index < -0.39 is 0 Å². The van der Waals surface area contributed by atoms with Crippen molar-refractivity contribution < 1.29 is 0 Å². The summed E-state index contributed by atoms with van der Waals surface area (Å²) in [5.74, 6) is 0.916. The van der Waals surface area contributed by atoms with Crippen molar-refractivity contribution in [2.45, 2.75) is 53.4 Å². The lowest BCUT2D eigenvalue weighted by Crippen LogP contribution is -2.36. The molecule has 1 nitrogen and oxygen atoms in total. The Bertz CT molecular complexity index is 222. The summed E-state index contributed by atoms with van der Waals surface area (Å²) in [6, 6.07) is 0. The zero-order chi connectivity index (χ0) is 10.6. The van der Waals surface area contributed by atoms with Crippen LogP contribution in [-0.2, 0) is 0 Å². The fraction of sp³-hybridized carbons (Fsp3) is 1.00. The molecule has 0 unspecified atom stereocenters. The first-order valence-corrected chi connectivity index (χ1v) is 6.08. The fourth-order valence-electron chi connectivity index (χ4n) is 4.33. The van der Waals surface area contributed by atoms with Crippen LogP contribution in [0.3, 0.4) is 0 Å². The lowest BCUT2D eigenvalue weighted by atomic mass is 9.61. The Kier molecular flexibility index (Phi) is 2.06. The third-order valence-electron chi connectivity index (χ3n) is 5.62. The second-order valence-corrected chi connectivity index (χ2v) is 6.63. The van der Waals surface area contributed by atoms with E-state index in [9.17, 15) is 0 Å². The molecule has 0 bridgehead atoms. The molecule has 0 saturated heterocycles. The predicted octanol–water partition coefficient (Wildman–Crippen LogP) is 3.19. The van der Waals surface area contributed by atoms with Crippen LogP contribution in [0, 0.1) is 22.2 Å². The first-order chi connectivity index (χ1) is 6.38. The van der Waals surface area contributed by atoms with Crippen molar-refractivity contribution in [1.29, 1.82) is 0 Å². The molecule has 2 N–H and O–H groups in total. The molecule has 14 heavy (non-hydrogen) atoms. The Labute approximate surface area is 88.4 Å². The third-order valence-corrected chi connectivity index (χ3v) is 5.62. The van der Waals surface area contributed by atoms with Gasteiger partial charge in [-0.3, -0.25) is 0 Å². The number of hydrogen-bond acceptors (Lipinski definition) is 1. The minimum Gasteiger partial charge on any atom is -0.330 e. The monoisotopic (exact) mass is 195 g/mol. The van der Waals surface area contributed by atoms with Gasteiger partial charge in [-0.2, -0.15) is 0 Å². The molecule has 2 aliphatic rings. The molecular weight excluding hydrogens is 170 g/mol. The summed E-state index contributed by atoms with van der Waals surface area (Å²) in [6.45, 7) is 10.6. The first kappa shape index (κ1) is 10.5. The maximum absolute atomic E-state index is 5.77. The molecule has 0 aromatic carbocycles. The van der Waals surface area contributed by atoms with E-state index in [0.29, 0.717) is 16.2 Å². The van der Waals surface area contributed by atoms with E-state index in [0.717, 1.165) is 12.5 Å². The molecule has 0 aromatic rings. The summed E-state index contributed by atoms with van der Waals surface area (Å²) in [7, 11) is 0. The molecule has 2 aliphatic carbocycles. The molecule has 0 aromatic heterocycles. The quantitative estimate of drug-likeness (QED) is 0.735. The van der Waals surface area contributed by atoms with Crippen molar-refractivity contribution in [3.8, 4) is 0 Å². The van der Waals surface area contributed by atoms with Gasteiger partial charge < -0.3 is 5.73 Å². The van der Waals surface area contributed by atoms with Crippen LogP contribution in [0.2, 0.25) is 0 Å². The van der Waals surface area contributed by atoms with Crippen LogP contribution in [0.4, 0.5) is 0 Å². The van der Waals surface area contributed by atoms with Gasteiger partial charge in [0.1, 0.15) is 0 Å². The average Bonchev–Trinajstić information content (AvgIpc) is 2.37. The fourth-order valence-corrected chi connectivity index (χ4v) is 4.33. The Morgan fingerprint density at radius 1 is 1.07 bits per heavy atom. The van der Waals surface area contributed by atoms with E-state index in [1.165, 1.54) is 25.7 Å². The molecule has 0 aliphatic heterocycles. The van der Waals surface area contributed by atoms with E-state index in [2.05, 4.69) is 27.7 Å². The Morgan fingerprint density at radius 3 is 1.79 bits per heavy atom. The molecule has 2 fully saturated rings. The molecule has 0 amide bonds. The van der Waals surface area contributed by atoms with Gasteiger partial charge in [0.25, 0.3) is 0 Å². The van der Waals surface area contributed by atoms with E-state index in [1.807, 2.05) is 0 Å². The summed E-state index contributed by atoms with van der Waals surface area (Å²) in [4.78, 5) is 0. The van der Waals surface area contributed by atoms with Gasteiger partial charge in [0.2, 0.25) is 0 Å². The zero-order valence-electron chi connectivity index (χ0n) is 10.2. The van der Waals surface area contributed by atoms with E-state index in [1.54, 1.807) is 0 Å². The smallest absolute Gasteiger partial charge is 0.00719 e. The lowest BCUT2D eigenvalue weighted by molar-refractivity contribution is 0.0657. The van der Waals surface area contributed by atoms with Crippen LogP contribution in [-0.4, -0.2) is 6.54 Å². The van der Waals surface area contributed by atoms with Gasteiger partial charge in [0.05, 0.1) is 0 Å². The molecule has 0 radical (unpaired) electrons. The number of rotatable bonds is 3. The maximum atomic E-state index is 5.77. The second kappa shape index (κ2) is 2.75. The topological polar surface area (TPSA) is 26.0 Å². The van der Waals surface area contributed by atoms with Crippen LogP contribution in [0.1, 0.15) is 53.4 Å². The van der Waals surface area contributed by atoms with Crippen LogP contribution >= 0.6 is 0 Å². The molecule has 0 atom stereocenters. The van der Waals surface area contributed by atoms with Crippen LogP contribution in [0.25, 0.3) is 0 Å². The SMILES string of the molecule is CC1(C)C(C2(CCN)CCC2)C1(C)C. The zero-order valence-corrected chi connectivity index (χ0v) is 10.2. The Hall–Kier alpha value is -0.0400. The summed E-state index contributed by atoms with van der Waals surface area (Å²) in [5, 5.41) is 0. The van der Waals surface area contributed by atoms with Crippen molar-refractivity contribution in [2.75, 3.05) is 6.54 Å². The van der Waals surface area contributed by atoms with Crippen molar-refractivity contribution >= 4 is 0 Å². The molecule has 1 heteroatoms. The summed E-state index contributed by atoms with van der Waals surface area (Å²) in [5.41, 5.74) is 7.48. The summed E-state index contributed by atoms with van der Waals surface area (Å²) >= 11 is 0. The van der Waals surface area contributed by atoms with Crippen LogP contribution < -0.4 is 5.73 Å². The standard InChI is InChI=1S/C13H25N/c1-11(2)10(12(11,3)4)13(8-9-14)6-5-7-13/h10H,5-9,14H2,1-4H3. The molecular formula is C13H25N. The van der Waals surface area contributed by atoms with Gasteiger partial charge in [-0.25, -0.2) is 0 Å². The van der Waals surface area contributed by atoms with Crippen molar-refractivity contribution in [3.05, 3.63) is 0 Å². The largest absolute Gasteiger partial charge is 0.330 e.